The molecule has 0 saturated carbocycles. The molecule has 0 aliphatic carbocycles. The zero-order valence-corrected chi connectivity index (χ0v) is 7.15. The van der Waals surface area contributed by atoms with E-state index in [9.17, 15) is 0 Å². The first kappa shape index (κ1) is 8.28. The van der Waals surface area contributed by atoms with E-state index >= 15 is 0 Å². The Kier molecular flexibility index (Phi) is 2.12. The van der Waals surface area contributed by atoms with Crippen molar-refractivity contribution in [3.8, 4) is 5.69 Å². The van der Waals surface area contributed by atoms with E-state index in [1.165, 1.54) is 6.33 Å². The van der Waals surface area contributed by atoms with Gasteiger partial charge in [-0.05, 0) is 11.6 Å². The molecule has 1 heterocycles. The average Bonchev–Trinajstić information content (AvgIpc) is 2.72. The van der Waals surface area contributed by atoms with Gasteiger partial charge < -0.3 is 0 Å². The number of hydrogen-bond acceptors (Lipinski definition) is 3. The molecule has 0 spiro atoms. The van der Waals surface area contributed by atoms with Crippen LogP contribution in [0, 0.1) is 0 Å². The molecule has 0 unspecified atom stereocenters. The smallest absolute Gasteiger partial charge is 0.138 e. The molecule has 1 aromatic heterocycles. The van der Waals surface area contributed by atoms with Crippen molar-refractivity contribution in [2.45, 2.75) is 0 Å². The molecular weight excluding hydrogens is 180 g/mol. The van der Waals surface area contributed by atoms with Crippen LogP contribution in [0.4, 0.5) is 5.69 Å². The highest BCUT2D eigenvalue weighted by Gasteiger charge is 2.01. The monoisotopic (exact) mass is 186 g/mol. The minimum absolute atomic E-state index is 0.528. The molecule has 1 aromatic carbocycles. The fourth-order valence-electron chi connectivity index (χ4n) is 1.12. The molecule has 0 aliphatic rings. The van der Waals surface area contributed by atoms with Gasteiger partial charge in [0.15, 0.2) is 0 Å². The topological polar surface area (TPSA) is 79.5 Å². The third-order valence-electron chi connectivity index (χ3n) is 1.70. The van der Waals surface area contributed by atoms with E-state index in [1.54, 1.807) is 29.2 Å². The maximum absolute atomic E-state index is 8.35. The molecule has 0 radical (unpaired) electrons. The Morgan fingerprint density at radius 2 is 2.21 bits per heavy atom. The van der Waals surface area contributed by atoms with E-state index in [-0.39, 0.29) is 0 Å². The standard InChI is InChI=1S/C8H6N6/c9-13-12-7-3-1-2-4-8(7)14-6-10-5-11-14/h1-6H. The summed E-state index contributed by atoms with van der Waals surface area (Å²) < 4.78 is 1.55. The van der Waals surface area contributed by atoms with Crippen LogP contribution in [0.15, 0.2) is 42.0 Å². The number of hydrogen-bond donors (Lipinski definition) is 0. The number of para-hydroxylation sites is 1. The molecule has 0 aliphatic heterocycles. The fraction of sp³-hybridized carbons (Fsp3) is 0. The molecule has 0 atom stereocenters. The van der Waals surface area contributed by atoms with Crippen molar-refractivity contribution in [1.82, 2.24) is 14.8 Å². The number of benzene rings is 1. The van der Waals surface area contributed by atoms with E-state index < -0.39 is 0 Å². The van der Waals surface area contributed by atoms with E-state index in [1.807, 2.05) is 6.07 Å². The van der Waals surface area contributed by atoms with Crippen LogP contribution in [0.1, 0.15) is 0 Å². The van der Waals surface area contributed by atoms with Crippen molar-refractivity contribution in [3.05, 3.63) is 47.4 Å². The van der Waals surface area contributed by atoms with Crippen LogP contribution >= 0.6 is 0 Å². The summed E-state index contributed by atoms with van der Waals surface area (Å²) >= 11 is 0. The van der Waals surface area contributed by atoms with Crippen molar-refractivity contribution in [1.29, 1.82) is 0 Å². The van der Waals surface area contributed by atoms with Crippen molar-refractivity contribution < 1.29 is 0 Å². The van der Waals surface area contributed by atoms with E-state index in [0.717, 1.165) is 0 Å². The lowest BCUT2D eigenvalue weighted by Gasteiger charge is -2.02. The Hall–Kier alpha value is -2.33. The Bertz CT molecular complexity index is 468. The van der Waals surface area contributed by atoms with Crippen LogP contribution in [-0.2, 0) is 0 Å². The molecule has 0 fully saturated rings. The minimum atomic E-state index is 0.528. The predicted octanol–water partition coefficient (Wildman–Crippen LogP) is 2.21. The second-order valence-electron chi connectivity index (χ2n) is 2.52. The SMILES string of the molecule is [N-]=[N+]=Nc1ccccc1-n1cncn1. The van der Waals surface area contributed by atoms with Crippen molar-refractivity contribution in [3.63, 3.8) is 0 Å². The van der Waals surface area contributed by atoms with Crippen LogP contribution in [0.3, 0.4) is 0 Å². The summed E-state index contributed by atoms with van der Waals surface area (Å²) in [4.78, 5) is 6.56. The molecule has 68 valence electrons. The quantitative estimate of drug-likeness (QED) is 0.409. The second kappa shape index (κ2) is 3.59. The molecule has 2 aromatic rings. The fourth-order valence-corrected chi connectivity index (χ4v) is 1.12. The van der Waals surface area contributed by atoms with E-state index in [0.29, 0.717) is 11.4 Å². The lowest BCUT2D eigenvalue weighted by molar-refractivity contribution is 0.878. The zero-order chi connectivity index (χ0) is 9.80. The lowest BCUT2D eigenvalue weighted by Crippen LogP contribution is -1.93. The minimum Gasteiger partial charge on any atom is -0.223 e. The summed E-state index contributed by atoms with van der Waals surface area (Å²) in [6.45, 7) is 0. The summed E-state index contributed by atoms with van der Waals surface area (Å²) in [6, 6.07) is 7.16. The Labute approximate surface area is 79.4 Å². The highest BCUT2D eigenvalue weighted by molar-refractivity contribution is 5.55. The molecule has 0 saturated heterocycles. The van der Waals surface area contributed by atoms with Crippen LogP contribution in [-0.4, -0.2) is 14.8 Å². The first-order valence-corrected chi connectivity index (χ1v) is 3.91. The molecule has 2 rings (SSSR count). The third kappa shape index (κ3) is 1.41. The molecule has 14 heavy (non-hydrogen) atoms. The van der Waals surface area contributed by atoms with Gasteiger partial charge in [0, 0.05) is 4.91 Å². The highest BCUT2D eigenvalue weighted by Crippen LogP contribution is 2.21. The van der Waals surface area contributed by atoms with Crippen LogP contribution in [0.2, 0.25) is 0 Å². The number of nitrogens with zero attached hydrogens (tertiary/aromatic N) is 6. The van der Waals surface area contributed by atoms with Gasteiger partial charge in [-0.3, -0.25) is 0 Å². The van der Waals surface area contributed by atoms with Gasteiger partial charge in [-0.1, -0.05) is 23.3 Å². The van der Waals surface area contributed by atoms with Gasteiger partial charge in [0.05, 0.1) is 11.4 Å². The lowest BCUT2D eigenvalue weighted by atomic mass is 10.3. The molecule has 0 N–H and O–H groups in total. The maximum atomic E-state index is 8.35. The highest BCUT2D eigenvalue weighted by atomic mass is 15.3. The zero-order valence-electron chi connectivity index (χ0n) is 7.15. The summed E-state index contributed by atoms with van der Waals surface area (Å²) in [5.74, 6) is 0. The van der Waals surface area contributed by atoms with Gasteiger partial charge in [-0.25, -0.2) is 9.67 Å². The van der Waals surface area contributed by atoms with Crippen LogP contribution in [0.5, 0.6) is 0 Å². The van der Waals surface area contributed by atoms with Crippen LogP contribution < -0.4 is 0 Å². The van der Waals surface area contributed by atoms with Crippen molar-refractivity contribution >= 4 is 5.69 Å². The second-order valence-corrected chi connectivity index (χ2v) is 2.52. The van der Waals surface area contributed by atoms with Gasteiger partial charge in [-0.15, -0.1) is 0 Å². The molecule has 6 heteroatoms. The molecule has 0 bridgehead atoms. The van der Waals surface area contributed by atoms with E-state index in [4.69, 9.17) is 5.53 Å². The normalized spacial score (nSPS) is 9.43. The first-order chi connectivity index (χ1) is 6.92. The Morgan fingerprint density at radius 1 is 1.36 bits per heavy atom. The third-order valence-corrected chi connectivity index (χ3v) is 1.70. The molecule has 0 amide bonds. The van der Waals surface area contributed by atoms with Crippen molar-refractivity contribution in [2.24, 2.45) is 5.11 Å². The Balaban J connectivity index is 2.57. The number of aromatic nitrogens is 3. The van der Waals surface area contributed by atoms with Gasteiger partial charge in [0.25, 0.3) is 0 Å². The summed E-state index contributed by atoms with van der Waals surface area (Å²) in [5, 5.41) is 7.51. The van der Waals surface area contributed by atoms with Gasteiger partial charge in [-0.2, -0.15) is 5.10 Å². The molecular formula is C8H6N6. The van der Waals surface area contributed by atoms with Gasteiger partial charge >= 0.3 is 0 Å². The summed E-state index contributed by atoms with van der Waals surface area (Å²) in [5.41, 5.74) is 9.59. The number of rotatable bonds is 2. The average molecular weight is 186 g/mol. The first-order valence-electron chi connectivity index (χ1n) is 3.91. The van der Waals surface area contributed by atoms with E-state index in [2.05, 4.69) is 20.1 Å². The van der Waals surface area contributed by atoms with Gasteiger partial charge in [0.2, 0.25) is 0 Å². The predicted molar refractivity (Wildman–Crippen MR) is 50.2 cm³/mol. The summed E-state index contributed by atoms with van der Waals surface area (Å²) in [6.07, 6.45) is 2.97. The van der Waals surface area contributed by atoms with Crippen molar-refractivity contribution in [2.75, 3.05) is 0 Å². The maximum Gasteiger partial charge on any atom is 0.138 e. The Morgan fingerprint density at radius 3 is 2.93 bits per heavy atom. The largest absolute Gasteiger partial charge is 0.223 e. The van der Waals surface area contributed by atoms with Crippen LogP contribution in [0.25, 0.3) is 16.1 Å². The van der Waals surface area contributed by atoms with Gasteiger partial charge in [0.1, 0.15) is 12.7 Å². The molecule has 6 nitrogen and oxygen atoms in total. The summed E-state index contributed by atoms with van der Waals surface area (Å²) in [7, 11) is 0. The number of azide groups is 1.